The first-order chi connectivity index (χ1) is 10.9. The third-order valence-electron chi connectivity index (χ3n) is 4.26. The highest BCUT2D eigenvalue weighted by atomic mass is 19.4. The van der Waals surface area contributed by atoms with Gasteiger partial charge in [0.1, 0.15) is 0 Å². The molecule has 4 nitrogen and oxygen atoms in total. The van der Waals surface area contributed by atoms with Gasteiger partial charge in [-0.3, -0.25) is 4.79 Å². The summed E-state index contributed by atoms with van der Waals surface area (Å²) in [5.74, 6) is -0.603. The predicted octanol–water partition coefficient (Wildman–Crippen LogP) is 3.13. The van der Waals surface area contributed by atoms with E-state index in [9.17, 15) is 18.0 Å². The van der Waals surface area contributed by atoms with Crippen LogP contribution in [0.2, 0.25) is 0 Å². The van der Waals surface area contributed by atoms with Gasteiger partial charge < -0.3 is 14.6 Å². The molecule has 0 aliphatic carbocycles. The quantitative estimate of drug-likeness (QED) is 0.679. The zero-order valence-electron chi connectivity index (χ0n) is 14.0. The molecule has 1 aromatic carbocycles. The standard InChI is InChI=1S/C16H19BF3NO3/c1-6-13(22)21-12-8-10(16(18,19)20)7-11(9-12)17-23-14(2,3)15(4,5)24-17/h6-9H,1H2,2-5H3,(H,21,22). The van der Waals surface area contributed by atoms with Gasteiger partial charge in [-0.15, -0.1) is 0 Å². The molecule has 130 valence electrons. The molecular weight excluding hydrogens is 322 g/mol. The molecule has 0 aromatic heterocycles. The Morgan fingerprint density at radius 2 is 1.71 bits per heavy atom. The molecule has 0 spiro atoms. The Hall–Kier alpha value is -1.80. The minimum atomic E-state index is -4.56. The van der Waals surface area contributed by atoms with E-state index in [1.807, 2.05) is 0 Å². The monoisotopic (exact) mass is 341 g/mol. The first-order valence-corrected chi connectivity index (χ1v) is 7.37. The van der Waals surface area contributed by atoms with Crippen molar-refractivity contribution >= 4 is 24.2 Å². The van der Waals surface area contributed by atoms with Gasteiger partial charge in [0.05, 0.1) is 16.8 Å². The summed E-state index contributed by atoms with van der Waals surface area (Å²) in [6.07, 6.45) is -3.58. The minimum Gasteiger partial charge on any atom is -0.399 e. The Labute approximate surface area is 139 Å². The lowest BCUT2D eigenvalue weighted by Gasteiger charge is -2.32. The van der Waals surface area contributed by atoms with Gasteiger partial charge in [-0.05, 0) is 51.4 Å². The maximum Gasteiger partial charge on any atom is 0.494 e. The van der Waals surface area contributed by atoms with E-state index in [0.717, 1.165) is 18.2 Å². The lowest BCUT2D eigenvalue weighted by Crippen LogP contribution is -2.41. The van der Waals surface area contributed by atoms with Gasteiger partial charge in [-0.1, -0.05) is 12.6 Å². The van der Waals surface area contributed by atoms with Crippen molar-refractivity contribution < 1.29 is 27.3 Å². The zero-order chi connectivity index (χ0) is 18.3. The first kappa shape index (κ1) is 18.5. The van der Waals surface area contributed by atoms with Crippen LogP contribution in [0.4, 0.5) is 18.9 Å². The average molecular weight is 341 g/mol. The summed E-state index contributed by atoms with van der Waals surface area (Å²) >= 11 is 0. The van der Waals surface area contributed by atoms with Gasteiger partial charge in [-0.25, -0.2) is 0 Å². The van der Waals surface area contributed by atoms with E-state index >= 15 is 0 Å². The van der Waals surface area contributed by atoms with E-state index in [2.05, 4.69) is 11.9 Å². The van der Waals surface area contributed by atoms with Crippen molar-refractivity contribution in [3.05, 3.63) is 36.4 Å². The van der Waals surface area contributed by atoms with Gasteiger partial charge in [0.15, 0.2) is 0 Å². The number of hydrogen-bond acceptors (Lipinski definition) is 3. The summed E-state index contributed by atoms with van der Waals surface area (Å²) in [5, 5.41) is 2.34. The van der Waals surface area contributed by atoms with Crippen LogP contribution in [0.1, 0.15) is 33.3 Å². The van der Waals surface area contributed by atoms with Crippen molar-refractivity contribution in [1.82, 2.24) is 0 Å². The van der Waals surface area contributed by atoms with Crippen LogP contribution in [-0.2, 0) is 20.3 Å². The second-order valence-corrected chi connectivity index (χ2v) is 6.62. The predicted molar refractivity (Wildman–Crippen MR) is 86.0 cm³/mol. The molecule has 1 heterocycles. The highest BCUT2D eigenvalue weighted by molar-refractivity contribution is 6.62. The van der Waals surface area contributed by atoms with Crippen LogP contribution in [0.15, 0.2) is 30.9 Å². The van der Waals surface area contributed by atoms with Crippen molar-refractivity contribution in [1.29, 1.82) is 0 Å². The molecule has 24 heavy (non-hydrogen) atoms. The highest BCUT2D eigenvalue weighted by Crippen LogP contribution is 2.37. The number of benzene rings is 1. The van der Waals surface area contributed by atoms with Gasteiger partial charge in [0.2, 0.25) is 5.91 Å². The topological polar surface area (TPSA) is 47.6 Å². The number of alkyl halides is 3. The molecule has 2 rings (SSSR count). The van der Waals surface area contributed by atoms with Crippen molar-refractivity contribution in [2.45, 2.75) is 45.1 Å². The molecule has 1 N–H and O–H groups in total. The van der Waals surface area contributed by atoms with Gasteiger partial charge in [0.25, 0.3) is 0 Å². The molecule has 1 saturated heterocycles. The van der Waals surface area contributed by atoms with Gasteiger partial charge >= 0.3 is 13.3 Å². The molecule has 1 fully saturated rings. The Morgan fingerprint density at radius 1 is 1.17 bits per heavy atom. The Kier molecular flexibility index (Phi) is 4.58. The van der Waals surface area contributed by atoms with E-state index in [4.69, 9.17) is 9.31 Å². The maximum atomic E-state index is 13.1. The summed E-state index contributed by atoms with van der Waals surface area (Å²) in [5.41, 5.74) is -2.08. The van der Waals surface area contributed by atoms with Gasteiger partial charge in [-0.2, -0.15) is 13.2 Å². The fourth-order valence-electron chi connectivity index (χ4n) is 2.20. The van der Waals surface area contributed by atoms with E-state index in [-0.39, 0.29) is 11.2 Å². The fourth-order valence-corrected chi connectivity index (χ4v) is 2.20. The zero-order valence-corrected chi connectivity index (χ0v) is 14.0. The number of hydrogen-bond donors (Lipinski definition) is 1. The average Bonchev–Trinajstić information content (AvgIpc) is 2.66. The number of halogens is 3. The molecule has 0 atom stereocenters. The van der Waals surface area contributed by atoms with Crippen molar-refractivity contribution in [2.75, 3.05) is 5.32 Å². The van der Waals surface area contributed by atoms with Crippen LogP contribution in [0.25, 0.3) is 0 Å². The van der Waals surface area contributed by atoms with Crippen molar-refractivity contribution in [3.8, 4) is 0 Å². The number of amides is 1. The molecular formula is C16H19BF3NO3. The molecule has 1 aliphatic heterocycles. The summed E-state index contributed by atoms with van der Waals surface area (Å²) in [4.78, 5) is 11.4. The summed E-state index contributed by atoms with van der Waals surface area (Å²) in [7, 11) is -0.961. The lowest BCUT2D eigenvalue weighted by atomic mass is 9.78. The first-order valence-electron chi connectivity index (χ1n) is 7.37. The third kappa shape index (κ3) is 3.65. The molecule has 0 unspecified atom stereocenters. The number of carbonyl (C=O) groups excluding carboxylic acids is 1. The number of carbonyl (C=O) groups is 1. The van der Waals surface area contributed by atoms with E-state index in [0.29, 0.717) is 0 Å². The summed E-state index contributed by atoms with van der Waals surface area (Å²) in [6.45, 7) is 10.5. The SMILES string of the molecule is C=CC(=O)Nc1cc(B2OC(C)(C)C(C)(C)O2)cc(C(F)(F)F)c1. The smallest absolute Gasteiger partial charge is 0.399 e. The van der Waals surface area contributed by atoms with Crippen LogP contribution in [0.5, 0.6) is 0 Å². The van der Waals surface area contributed by atoms with Gasteiger partial charge in [0, 0.05) is 5.69 Å². The fraction of sp³-hybridized carbons (Fsp3) is 0.438. The Morgan fingerprint density at radius 3 is 2.17 bits per heavy atom. The molecule has 1 amide bonds. The highest BCUT2D eigenvalue weighted by Gasteiger charge is 2.52. The number of anilines is 1. The Bertz CT molecular complexity index is 655. The van der Waals surface area contributed by atoms with Crippen LogP contribution in [-0.4, -0.2) is 24.2 Å². The summed E-state index contributed by atoms with van der Waals surface area (Å²) in [6, 6.07) is 3.22. The maximum absolute atomic E-state index is 13.1. The normalized spacial score (nSPS) is 19.2. The molecule has 0 saturated carbocycles. The molecule has 1 aliphatic rings. The number of nitrogens with one attached hydrogen (secondary N) is 1. The molecule has 8 heteroatoms. The molecule has 0 radical (unpaired) electrons. The minimum absolute atomic E-state index is 0.000521. The van der Waals surface area contributed by atoms with Crippen LogP contribution < -0.4 is 10.8 Å². The number of rotatable bonds is 3. The third-order valence-corrected chi connectivity index (χ3v) is 4.26. The van der Waals surface area contributed by atoms with Crippen LogP contribution in [0.3, 0.4) is 0 Å². The molecule has 0 bridgehead atoms. The second-order valence-electron chi connectivity index (χ2n) is 6.62. The van der Waals surface area contributed by atoms with Crippen molar-refractivity contribution in [2.24, 2.45) is 0 Å². The van der Waals surface area contributed by atoms with Crippen LogP contribution in [0, 0.1) is 0 Å². The van der Waals surface area contributed by atoms with Crippen LogP contribution >= 0.6 is 0 Å². The molecule has 1 aromatic rings. The second kappa shape index (κ2) is 5.93. The lowest BCUT2D eigenvalue weighted by molar-refractivity contribution is -0.137. The van der Waals surface area contributed by atoms with E-state index < -0.39 is 36.0 Å². The van der Waals surface area contributed by atoms with E-state index in [1.165, 1.54) is 6.07 Å². The Balaban J connectivity index is 2.44. The van der Waals surface area contributed by atoms with E-state index in [1.54, 1.807) is 27.7 Å². The largest absolute Gasteiger partial charge is 0.494 e. The summed E-state index contributed by atoms with van der Waals surface area (Å²) < 4.78 is 51.0. The van der Waals surface area contributed by atoms with Crippen molar-refractivity contribution in [3.63, 3.8) is 0 Å².